The molecule has 4 aliphatic heterocycles. The number of ether oxygens (including phenoxy) is 1. The van der Waals surface area contributed by atoms with E-state index in [1.165, 1.54) is 26.2 Å². The third-order valence-electron chi connectivity index (χ3n) is 12.4. The topological polar surface area (TPSA) is 115 Å². The van der Waals surface area contributed by atoms with Crippen LogP contribution in [0.2, 0.25) is 0 Å². The molecular weight excluding hydrogens is 747 g/mol. The van der Waals surface area contributed by atoms with Crippen LogP contribution in [0.25, 0.3) is 27.1 Å². The number of rotatable bonds is 7. The van der Waals surface area contributed by atoms with E-state index in [9.17, 15) is 18.3 Å². The maximum Gasteiger partial charge on any atom is 0.306 e. The number of carboxylic acid groups (broad SMARTS) is 1. The third-order valence-corrected chi connectivity index (χ3v) is 14.4. The number of azo groups is 1. The quantitative estimate of drug-likeness (QED) is 0.131. The smallest absolute Gasteiger partial charge is 0.306 e. The van der Waals surface area contributed by atoms with E-state index < -0.39 is 21.9 Å². The lowest BCUT2D eigenvalue weighted by atomic mass is 9.87. The Hall–Kier alpha value is -5.91. The second kappa shape index (κ2) is 14.2. The SMILES string of the molecule is CN(C)c1ccc(N=Nc2ccc3c4c(ccc3c2)C(c2ccccc2S(=O)(=O)N2CCC(C(=O)O)CC2)=c2ccc3c5c6c(cc3c2O4)CCC[N+]=6CCC5)cc1. The predicted molar refractivity (Wildman–Crippen MR) is 227 cm³/mol. The first kappa shape index (κ1) is 36.4. The Morgan fingerprint density at radius 2 is 1.52 bits per heavy atom. The summed E-state index contributed by atoms with van der Waals surface area (Å²) in [5.41, 5.74) is 7.43. The normalized spacial score (nSPS) is 16.9. The fourth-order valence-electron chi connectivity index (χ4n) is 9.47. The lowest BCUT2D eigenvalue weighted by molar-refractivity contribution is -0.142. The monoisotopic (exact) mass is 790 g/mol. The molecule has 0 aromatic heterocycles. The first-order valence-electron chi connectivity index (χ1n) is 20.2. The minimum absolute atomic E-state index is 0.153. The highest BCUT2D eigenvalue weighted by Gasteiger charge is 2.36. The van der Waals surface area contributed by atoms with Crippen molar-refractivity contribution in [3.05, 3.63) is 130 Å². The highest BCUT2D eigenvalue weighted by atomic mass is 32.2. The van der Waals surface area contributed by atoms with Crippen molar-refractivity contribution in [1.29, 1.82) is 0 Å². The van der Waals surface area contributed by atoms with Gasteiger partial charge < -0.3 is 14.7 Å². The number of sulfonamides is 1. The highest BCUT2D eigenvalue weighted by Crippen LogP contribution is 2.45. The van der Waals surface area contributed by atoms with Gasteiger partial charge in [-0.25, -0.2) is 13.0 Å². The second-order valence-electron chi connectivity index (χ2n) is 16.0. The van der Waals surface area contributed by atoms with Crippen molar-refractivity contribution in [3.63, 3.8) is 0 Å². The fourth-order valence-corrected chi connectivity index (χ4v) is 11.1. The van der Waals surface area contributed by atoms with E-state index in [-0.39, 0.29) is 30.8 Å². The standard InChI is InChI=1S/C47H43N5O5S/c1-50(2)34-15-12-32(13-16-34)48-49-33-14-18-35-30(27-33)11-17-39-43(38-8-3-4-10-42(38)58(55,56)52-25-21-29(22-26-52)47(53)54)40-20-19-36-37-9-6-24-51-23-5-7-31(44(37)51)28-41(36)46(40)57-45(35)39/h3-4,8,10-20,27-29H,5-7,9,21-26H2,1-2H3/p+1. The summed E-state index contributed by atoms with van der Waals surface area (Å²) in [6, 6.07) is 31.8. The van der Waals surface area contributed by atoms with Crippen LogP contribution < -0.4 is 24.8 Å². The van der Waals surface area contributed by atoms with Gasteiger partial charge in [-0.3, -0.25) is 4.79 Å². The van der Waals surface area contributed by atoms with E-state index in [1.807, 2.05) is 85.7 Å². The number of hydrogen-bond donors (Lipinski definition) is 1. The van der Waals surface area contributed by atoms with E-state index in [1.54, 1.807) is 12.1 Å². The predicted octanol–water partition coefficient (Wildman–Crippen LogP) is 7.70. The van der Waals surface area contributed by atoms with Crippen molar-refractivity contribution in [2.75, 3.05) is 45.2 Å². The number of benzene rings is 6. The summed E-state index contributed by atoms with van der Waals surface area (Å²) in [5.74, 6) is -0.0333. The van der Waals surface area contributed by atoms with E-state index in [2.05, 4.69) is 33.0 Å². The number of anilines is 1. The van der Waals surface area contributed by atoms with Gasteiger partial charge in [0.2, 0.25) is 15.4 Å². The molecule has 0 atom stereocenters. The summed E-state index contributed by atoms with van der Waals surface area (Å²) in [5, 5.41) is 25.0. The van der Waals surface area contributed by atoms with Crippen LogP contribution in [0.3, 0.4) is 0 Å². The molecule has 0 radical (unpaired) electrons. The van der Waals surface area contributed by atoms with E-state index in [0.717, 1.165) is 88.4 Å². The Morgan fingerprint density at radius 3 is 2.29 bits per heavy atom. The lowest BCUT2D eigenvalue weighted by Crippen LogP contribution is -2.43. The van der Waals surface area contributed by atoms with Crippen LogP contribution in [-0.2, 0) is 27.7 Å². The van der Waals surface area contributed by atoms with E-state index >= 15 is 0 Å². The van der Waals surface area contributed by atoms with Gasteiger partial charge in [0, 0.05) is 89.5 Å². The van der Waals surface area contributed by atoms with Gasteiger partial charge in [0.25, 0.3) is 0 Å². The Kier molecular flexibility index (Phi) is 8.90. The molecule has 4 heterocycles. The zero-order valence-electron chi connectivity index (χ0n) is 32.6. The summed E-state index contributed by atoms with van der Waals surface area (Å²) in [7, 11) is 0.00781. The van der Waals surface area contributed by atoms with Crippen LogP contribution >= 0.6 is 0 Å². The molecule has 4 aliphatic rings. The maximum atomic E-state index is 14.6. The zero-order valence-corrected chi connectivity index (χ0v) is 33.4. The Morgan fingerprint density at radius 1 is 0.793 bits per heavy atom. The van der Waals surface area contributed by atoms with Crippen LogP contribution in [0.5, 0.6) is 11.5 Å². The molecule has 0 spiro atoms. The first-order valence-corrected chi connectivity index (χ1v) is 21.6. The number of carbonyl (C=O) groups is 1. The largest absolute Gasteiger partial charge is 0.481 e. The number of nitrogens with zero attached hydrogens (tertiary/aromatic N) is 5. The van der Waals surface area contributed by atoms with Crippen LogP contribution in [0.4, 0.5) is 17.1 Å². The van der Waals surface area contributed by atoms with E-state index in [0.29, 0.717) is 17.0 Å². The van der Waals surface area contributed by atoms with Crippen LogP contribution in [0.1, 0.15) is 47.9 Å². The summed E-state index contributed by atoms with van der Waals surface area (Å²) >= 11 is 0. The second-order valence-corrected chi connectivity index (χ2v) is 17.9. The van der Waals surface area contributed by atoms with Crippen molar-refractivity contribution in [2.24, 2.45) is 16.1 Å². The minimum atomic E-state index is -4.00. The number of fused-ring (bicyclic) bond motifs is 7. The molecule has 6 aromatic rings. The average molecular weight is 791 g/mol. The van der Waals surface area contributed by atoms with Gasteiger partial charge in [0.1, 0.15) is 24.6 Å². The van der Waals surface area contributed by atoms with Crippen LogP contribution in [-0.4, -0.2) is 64.1 Å². The van der Waals surface area contributed by atoms with Gasteiger partial charge >= 0.3 is 5.97 Å². The molecule has 11 heteroatoms. The first-order chi connectivity index (χ1) is 28.2. The van der Waals surface area contributed by atoms with Gasteiger partial charge in [0.05, 0.1) is 22.2 Å². The summed E-state index contributed by atoms with van der Waals surface area (Å²) < 4.78 is 40.4. The molecule has 10 rings (SSSR count). The molecule has 1 N–H and O–H groups in total. The van der Waals surface area contributed by atoms with Gasteiger partial charge in [-0.1, -0.05) is 30.3 Å². The summed E-state index contributed by atoms with van der Waals surface area (Å²) in [6.07, 6.45) is 4.77. The number of hydrogen-bond acceptors (Lipinski definition) is 7. The van der Waals surface area contributed by atoms with Crippen molar-refractivity contribution >= 4 is 60.2 Å². The number of piperidine rings is 1. The summed E-state index contributed by atoms with van der Waals surface area (Å²) in [4.78, 5) is 14.0. The van der Waals surface area contributed by atoms with Gasteiger partial charge in [-0.05, 0) is 103 Å². The van der Waals surface area contributed by atoms with Crippen LogP contribution in [0.15, 0.2) is 112 Å². The molecule has 292 valence electrons. The van der Waals surface area contributed by atoms with Crippen molar-refractivity contribution < 1.29 is 23.1 Å². The molecule has 1 saturated heterocycles. The molecule has 1 fully saturated rings. The Balaban J connectivity index is 1.16. The molecule has 0 bridgehead atoms. The molecule has 58 heavy (non-hydrogen) atoms. The highest BCUT2D eigenvalue weighted by molar-refractivity contribution is 7.89. The van der Waals surface area contributed by atoms with Crippen molar-refractivity contribution in [2.45, 2.75) is 43.4 Å². The number of aryl methyl sites for hydroxylation is 2. The van der Waals surface area contributed by atoms with Crippen molar-refractivity contribution in [1.82, 2.24) is 8.88 Å². The summed E-state index contributed by atoms with van der Waals surface area (Å²) in [6.45, 7) is 2.46. The number of carboxylic acids is 1. The average Bonchev–Trinajstić information content (AvgIpc) is 3.25. The Labute approximate surface area is 337 Å². The molecule has 10 nitrogen and oxygen atoms in total. The zero-order chi connectivity index (χ0) is 39.7. The lowest BCUT2D eigenvalue weighted by Gasteiger charge is -2.31. The third kappa shape index (κ3) is 6.06. The van der Waals surface area contributed by atoms with Gasteiger partial charge in [0.15, 0.2) is 0 Å². The molecular formula is C47H44N5O5S+. The van der Waals surface area contributed by atoms with E-state index in [4.69, 9.17) is 4.74 Å². The molecule has 0 unspecified atom stereocenters. The van der Waals surface area contributed by atoms with Gasteiger partial charge in [-0.15, -0.1) is 0 Å². The Bertz CT molecular complexity index is 2970. The minimum Gasteiger partial charge on any atom is -0.481 e. The maximum absolute atomic E-state index is 14.6. The van der Waals surface area contributed by atoms with Crippen molar-refractivity contribution in [3.8, 4) is 11.5 Å². The van der Waals surface area contributed by atoms with Gasteiger partial charge in [-0.2, -0.15) is 14.5 Å². The van der Waals surface area contributed by atoms with Crippen LogP contribution in [0, 0.1) is 5.92 Å². The molecule has 0 saturated carbocycles. The molecule has 6 aromatic carbocycles. The fraction of sp³-hybridized carbons (Fsp3) is 0.277. The number of aliphatic carboxylic acids is 1. The molecule has 0 aliphatic carbocycles. The molecule has 0 amide bonds.